The number of nitro benzene ring substituents is 1. The fourth-order valence-corrected chi connectivity index (χ4v) is 3.68. The molecule has 176 valence electrons. The summed E-state index contributed by atoms with van der Waals surface area (Å²) < 4.78 is 0. The smallest absolute Gasteiger partial charge is 0.271 e. The maximum atomic E-state index is 13.3. The molecule has 0 radical (unpaired) electrons. The van der Waals surface area contributed by atoms with Crippen LogP contribution in [-0.2, 0) is 20.8 Å². The van der Waals surface area contributed by atoms with Gasteiger partial charge in [0.05, 0.1) is 23.5 Å². The highest BCUT2D eigenvalue weighted by atomic mass is 16.6. The minimum Gasteiger partial charge on any atom is -0.274 e. The van der Waals surface area contributed by atoms with Gasteiger partial charge in [0.25, 0.3) is 17.5 Å². The Balaban J connectivity index is 1.64. The largest absolute Gasteiger partial charge is 0.274 e. The molecule has 1 atom stereocenters. The van der Waals surface area contributed by atoms with Gasteiger partial charge in [-0.25, -0.2) is 9.91 Å². The van der Waals surface area contributed by atoms with Gasteiger partial charge in [0.2, 0.25) is 11.8 Å². The van der Waals surface area contributed by atoms with Crippen molar-refractivity contribution >= 4 is 35.0 Å². The van der Waals surface area contributed by atoms with Crippen molar-refractivity contribution in [2.75, 3.05) is 4.90 Å². The zero-order valence-electron chi connectivity index (χ0n) is 18.2. The van der Waals surface area contributed by atoms with E-state index in [2.05, 4.69) is 10.4 Å². The molecule has 3 aromatic rings. The number of imide groups is 1. The van der Waals surface area contributed by atoms with Crippen LogP contribution in [0.5, 0.6) is 0 Å². The number of hydrogen-bond acceptors (Lipinski definition) is 7. The van der Waals surface area contributed by atoms with E-state index < -0.39 is 41.0 Å². The van der Waals surface area contributed by atoms with Crippen molar-refractivity contribution in [1.29, 1.82) is 0 Å². The van der Waals surface area contributed by atoms with Crippen LogP contribution >= 0.6 is 0 Å². The minimum atomic E-state index is -1.33. The van der Waals surface area contributed by atoms with Crippen LogP contribution in [0.1, 0.15) is 22.3 Å². The lowest BCUT2D eigenvalue weighted by atomic mass is 10.1. The average Bonchev–Trinajstić information content (AvgIpc) is 3.16. The fourth-order valence-electron chi connectivity index (χ4n) is 3.68. The molecule has 0 aliphatic carbocycles. The molecule has 35 heavy (non-hydrogen) atoms. The van der Waals surface area contributed by atoms with E-state index in [-0.39, 0.29) is 23.4 Å². The second-order valence-corrected chi connectivity index (χ2v) is 7.67. The van der Waals surface area contributed by atoms with Gasteiger partial charge >= 0.3 is 0 Å². The molecule has 1 aliphatic rings. The summed E-state index contributed by atoms with van der Waals surface area (Å²) in [6.07, 6.45) is 2.27. The van der Waals surface area contributed by atoms with E-state index in [1.165, 1.54) is 42.7 Å². The number of pyridine rings is 1. The Labute approximate surface area is 199 Å². The molecule has 1 fully saturated rings. The predicted octanol–water partition coefficient (Wildman–Crippen LogP) is 2.04. The molecule has 1 aliphatic heterocycles. The molecule has 2 heterocycles. The van der Waals surface area contributed by atoms with Gasteiger partial charge in [-0.3, -0.25) is 39.7 Å². The number of amides is 4. The monoisotopic (exact) mass is 473 g/mol. The highest BCUT2D eigenvalue weighted by molar-refractivity contribution is 6.23. The lowest BCUT2D eigenvalue weighted by Gasteiger charge is -2.28. The number of aromatic nitrogens is 1. The van der Waals surface area contributed by atoms with Crippen LogP contribution in [0.25, 0.3) is 0 Å². The molecule has 1 saturated heterocycles. The summed E-state index contributed by atoms with van der Waals surface area (Å²) in [7, 11) is 0. The number of benzene rings is 2. The average molecular weight is 473 g/mol. The Hall–Kier alpha value is -4.93. The molecular formula is C24H19N5O6. The third kappa shape index (κ3) is 5.03. The molecule has 1 aromatic heterocycles. The first-order valence-electron chi connectivity index (χ1n) is 10.5. The summed E-state index contributed by atoms with van der Waals surface area (Å²) in [5.41, 5.74) is 3.01. The number of non-ortho nitro benzene ring substituents is 1. The molecule has 0 bridgehead atoms. The van der Waals surface area contributed by atoms with Gasteiger partial charge in [-0.1, -0.05) is 36.4 Å². The second-order valence-electron chi connectivity index (χ2n) is 7.67. The SMILES string of the molecule is O=C(NN(C(=O)Cc1ccccc1)[C@@H]1CC(=O)N(c2cccc([N+](=O)[O-])c2)C1=O)c1ccncc1. The minimum absolute atomic E-state index is 0.00705. The summed E-state index contributed by atoms with van der Waals surface area (Å²) >= 11 is 0. The summed E-state index contributed by atoms with van der Waals surface area (Å²) in [4.78, 5) is 67.3. The number of carbonyl (C=O) groups excluding carboxylic acids is 4. The molecule has 4 rings (SSSR count). The van der Waals surface area contributed by atoms with Gasteiger partial charge in [0, 0.05) is 30.1 Å². The third-order valence-corrected chi connectivity index (χ3v) is 5.36. The van der Waals surface area contributed by atoms with Crippen LogP contribution in [-0.4, -0.2) is 44.6 Å². The van der Waals surface area contributed by atoms with Gasteiger partial charge in [0.15, 0.2) is 0 Å². The number of anilines is 1. The molecular weight excluding hydrogens is 454 g/mol. The summed E-state index contributed by atoms with van der Waals surface area (Å²) in [5, 5.41) is 12.0. The molecule has 1 N–H and O–H groups in total. The van der Waals surface area contributed by atoms with Crippen LogP contribution < -0.4 is 10.3 Å². The zero-order valence-corrected chi connectivity index (χ0v) is 18.2. The first-order chi connectivity index (χ1) is 16.8. The van der Waals surface area contributed by atoms with Crippen LogP contribution in [0.15, 0.2) is 79.1 Å². The Morgan fingerprint density at radius 3 is 2.46 bits per heavy atom. The molecule has 0 saturated carbocycles. The summed E-state index contributed by atoms with van der Waals surface area (Å²) in [6, 6.07) is 15.3. The lowest BCUT2D eigenvalue weighted by molar-refractivity contribution is -0.384. The standard InChI is InChI=1S/C24H19N5O6/c30-21-15-20(24(33)27(21)18-7-4-8-19(14-18)29(34)35)28(22(31)13-16-5-2-1-3-6-16)26-23(32)17-9-11-25-12-10-17/h1-12,14,20H,13,15H2,(H,26,32)/t20-/m1/s1. The van der Waals surface area contributed by atoms with Crippen molar-refractivity contribution < 1.29 is 24.1 Å². The molecule has 11 heteroatoms. The van der Waals surface area contributed by atoms with Crippen molar-refractivity contribution in [1.82, 2.24) is 15.4 Å². The van der Waals surface area contributed by atoms with Crippen LogP contribution in [0, 0.1) is 10.1 Å². The van der Waals surface area contributed by atoms with Crippen LogP contribution in [0.3, 0.4) is 0 Å². The second kappa shape index (κ2) is 9.91. The number of nitrogens with zero attached hydrogens (tertiary/aromatic N) is 4. The maximum absolute atomic E-state index is 13.3. The van der Waals surface area contributed by atoms with E-state index in [4.69, 9.17) is 0 Å². The number of rotatable bonds is 6. The quantitative estimate of drug-likeness (QED) is 0.328. The molecule has 2 aromatic carbocycles. The van der Waals surface area contributed by atoms with Crippen molar-refractivity contribution in [2.24, 2.45) is 0 Å². The highest BCUT2D eigenvalue weighted by Crippen LogP contribution is 2.28. The van der Waals surface area contributed by atoms with E-state index in [1.54, 1.807) is 30.3 Å². The molecule has 0 unspecified atom stereocenters. The van der Waals surface area contributed by atoms with E-state index in [0.717, 1.165) is 16.0 Å². The van der Waals surface area contributed by atoms with E-state index in [9.17, 15) is 29.3 Å². The highest BCUT2D eigenvalue weighted by Gasteiger charge is 2.45. The topological polar surface area (TPSA) is 143 Å². The fraction of sp³-hybridized carbons (Fsp3) is 0.125. The maximum Gasteiger partial charge on any atom is 0.271 e. The number of nitrogens with one attached hydrogen (secondary N) is 1. The van der Waals surface area contributed by atoms with Crippen LogP contribution in [0.2, 0.25) is 0 Å². The van der Waals surface area contributed by atoms with Gasteiger partial charge in [-0.15, -0.1) is 0 Å². The molecule has 11 nitrogen and oxygen atoms in total. The van der Waals surface area contributed by atoms with Crippen molar-refractivity contribution in [3.05, 3.63) is 100 Å². The Kier molecular flexibility index (Phi) is 6.58. The van der Waals surface area contributed by atoms with E-state index in [0.29, 0.717) is 5.56 Å². The normalized spacial score (nSPS) is 15.1. The van der Waals surface area contributed by atoms with Crippen LogP contribution in [0.4, 0.5) is 11.4 Å². The number of hydrogen-bond donors (Lipinski definition) is 1. The first kappa shape index (κ1) is 23.2. The Bertz CT molecular complexity index is 1300. The van der Waals surface area contributed by atoms with E-state index >= 15 is 0 Å². The number of nitro groups is 1. The summed E-state index contributed by atoms with van der Waals surface area (Å²) in [6.45, 7) is 0. The van der Waals surface area contributed by atoms with Crippen molar-refractivity contribution in [2.45, 2.75) is 18.9 Å². The summed E-state index contributed by atoms with van der Waals surface area (Å²) in [5.74, 6) is -2.71. The van der Waals surface area contributed by atoms with Gasteiger partial charge in [-0.2, -0.15) is 0 Å². The Morgan fingerprint density at radius 1 is 1.06 bits per heavy atom. The lowest BCUT2D eigenvalue weighted by Crippen LogP contribution is -2.55. The van der Waals surface area contributed by atoms with Crippen molar-refractivity contribution in [3.8, 4) is 0 Å². The van der Waals surface area contributed by atoms with Gasteiger partial charge < -0.3 is 0 Å². The zero-order chi connectivity index (χ0) is 24.9. The Morgan fingerprint density at radius 2 is 1.77 bits per heavy atom. The number of hydrazine groups is 1. The van der Waals surface area contributed by atoms with Gasteiger partial charge in [-0.05, 0) is 23.8 Å². The number of carbonyl (C=O) groups is 4. The third-order valence-electron chi connectivity index (χ3n) is 5.36. The van der Waals surface area contributed by atoms with Gasteiger partial charge in [0.1, 0.15) is 6.04 Å². The van der Waals surface area contributed by atoms with Crippen molar-refractivity contribution in [3.63, 3.8) is 0 Å². The van der Waals surface area contributed by atoms with E-state index in [1.807, 2.05) is 0 Å². The predicted molar refractivity (Wildman–Crippen MR) is 123 cm³/mol. The molecule has 0 spiro atoms. The first-order valence-corrected chi connectivity index (χ1v) is 10.5. The molecule has 4 amide bonds.